The van der Waals surface area contributed by atoms with Gasteiger partial charge < -0.3 is 10.2 Å². The number of thiophene rings is 1. The lowest BCUT2D eigenvalue weighted by Gasteiger charge is -2.27. The van der Waals surface area contributed by atoms with Gasteiger partial charge >= 0.3 is 0 Å². The van der Waals surface area contributed by atoms with Crippen LogP contribution in [0, 0.1) is 12.8 Å². The second-order valence-corrected chi connectivity index (χ2v) is 5.92. The van der Waals surface area contributed by atoms with E-state index in [0.29, 0.717) is 0 Å². The second-order valence-electron chi connectivity index (χ2n) is 4.92. The van der Waals surface area contributed by atoms with Crippen molar-refractivity contribution in [1.82, 2.24) is 10.2 Å². The molecule has 0 bridgehead atoms. The van der Waals surface area contributed by atoms with Gasteiger partial charge in [0.25, 0.3) is 0 Å². The lowest BCUT2D eigenvalue weighted by atomic mass is 9.98. The van der Waals surface area contributed by atoms with Gasteiger partial charge in [0.2, 0.25) is 0 Å². The minimum Gasteiger partial charge on any atom is -0.317 e. The number of hydrogen-bond donors (Lipinski definition) is 1. The third-order valence-corrected chi connectivity index (χ3v) is 4.42. The number of nitrogens with zero attached hydrogens (tertiary/aromatic N) is 1. The molecule has 90 valence electrons. The molecule has 0 aromatic carbocycles. The minimum absolute atomic E-state index is 0.895. The van der Waals surface area contributed by atoms with Gasteiger partial charge in [0, 0.05) is 18.0 Å². The molecule has 16 heavy (non-hydrogen) atoms. The molecule has 1 aromatic heterocycles. The van der Waals surface area contributed by atoms with Gasteiger partial charge in [-0.3, -0.25) is 0 Å². The van der Waals surface area contributed by atoms with Gasteiger partial charge in [-0.1, -0.05) is 0 Å². The first kappa shape index (κ1) is 12.1. The third-order valence-electron chi connectivity index (χ3n) is 3.41. The highest BCUT2D eigenvalue weighted by molar-refractivity contribution is 7.10. The van der Waals surface area contributed by atoms with Gasteiger partial charge in [-0.2, -0.15) is 0 Å². The molecule has 0 radical (unpaired) electrons. The van der Waals surface area contributed by atoms with E-state index in [9.17, 15) is 0 Å². The van der Waals surface area contributed by atoms with Crippen molar-refractivity contribution in [3.05, 3.63) is 21.9 Å². The van der Waals surface area contributed by atoms with Crippen molar-refractivity contribution >= 4 is 11.3 Å². The summed E-state index contributed by atoms with van der Waals surface area (Å²) in [7, 11) is 2.25. The maximum Gasteiger partial charge on any atom is 0.0327 e. The molecule has 3 heteroatoms. The Hall–Kier alpha value is -0.380. The standard InChI is InChI=1S/C13H22N2S/c1-11-5-8-16-13(11)10-15(2)9-12-3-6-14-7-4-12/h5,8,12,14H,3-4,6-7,9-10H2,1-2H3. The second kappa shape index (κ2) is 5.80. The Kier molecular flexibility index (Phi) is 4.38. The Morgan fingerprint density at radius 2 is 2.19 bits per heavy atom. The van der Waals surface area contributed by atoms with Crippen molar-refractivity contribution in [1.29, 1.82) is 0 Å². The van der Waals surface area contributed by atoms with E-state index in [4.69, 9.17) is 0 Å². The Morgan fingerprint density at radius 1 is 1.44 bits per heavy atom. The molecule has 1 fully saturated rings. The summed E-state index contributed by atoms with van der Waals surface area (Å²) in [6.45, 7) is 6.99. The van der Waals surface area contributed by atoms with Crippen LogP contribution in [-0.2, 0) is 6.54 Å². The fraction of sp³-hybridized carbons (Fsp3) is 0.692. The van der Waals surface area contributed by atoms with Crippen LogP contribution in [-0.4, -0.2) is 31.6 Å². The molecule has 1 saturated heterocycles. The lowest BCUT2D eigenvalue weighted by molar-refractivity contribution is 0.235. The van der Waals surface area contributed by atoms with Crippen LogP contribution in [0.3, 0.4) is 0 Å². The lowest BCUT2D eigenvalue weighted by Crippen LogP contribution is -2.34. The minimum atomic E-state index is 0.895. The summed E-state index contributed by atoms with van der Waals surface area (Å²) in [6, 6.07) is 2.22. The summed E-state index contributed by atoms with van der Waals surface area (Å²) >= 11 is 1.89. The largest absolute Gasteiger partial charge is 0.317 e. The van der Waals surface area contributed by atoms with Crippen LogP contribution in [0.1, 0.15) is 23.3 Å². The molecule has 1 aromatic rings. The van der Waals surface area contributed by atoms with E-state index in [1.807, 2.05) is 11.3 Å². The zero-order valence-corrected chi connectivity index (χ0v) is 11.1. The van der Waals surface area contributed by atoms with E-state index in [2.05, 4.69) is 35.6 Å². The monoisotopic (exact) mass is 238 g/mol. The van der Waals surface area contributed by atoms with Gasteiger partial charge in [0.1, 0.15) is 0 Å². The van der Waals surface area contributed by atoms with Crippen molar-refractivity contribution in [2.75, 3.05) is 26.7 Å². The number of aryl methyl sites for hydroxylation is 1. The van der Waals surface area contributed by atoms with Gasteiger partial charge in [0.05, 0.1) is 0 Å². The van der Waals surface area contributed by atoms with Crippen molar-refractivity contribution in [3.63, 3.8) is 0 Å². The SMILES string of the molecule is Cc1ccsc1CN(C)CC1CCNCC1. The van der Waals surface area contributed by atoms with Gasteiger partial charge in [-0.05, 0) is 62.8 Å². The molecule has 2 rings (SSSR count). The van der Waals surface area contributed by atoms with E-state index >= 15 is 0 Å². The molecule has 2 heterocycles. The molecular formula is C13H22N2S. The topological polar surface area (TPSA) is 15.3 Å². The zero-order chi connectivity index (χ0) is 11.4. The van der Waals surface area contributed by atoms with Gasteiger partial charge in [-0.15, -0.1) is 11.3 Å². The molecule has 1 aliphatic heterocycles. The van der Waals surface area contributed by atoms with Crippen LogP contribution >= 0.6 is 11.3 Å². The summed E-state index contributed by atoms with van der Waals surface area (Å²) in [6.07, 6.45) is 2.68. The first-order valence-corrected chi connectivity index (χ1v) is 7.06. The summed E-state index contributed by atoms with van der Waals surface area (Å²) in [4.78, 5) is 4.01. The van der Waals surface area contributed by atoms with E-state index < -0.39 is 0 Å². The molecule has 0 atom stereocenters. The van der Waals surface area contributed by atoms with E-state index in [0.717, 1.165) is 12.5 Å². The molecule has 0 unspecified atom stereocenters. The molecule has 0 saturated carbocycles. The Balaban J connectivity index is 1.79. The van der Waals surface area contributed by atoms with Crippen molar-refractivity contribution < 1.29 is 0 Å². The molecule has 2 nitrogen and oxygen atoms in total. The molecule has 1 N–H and O–H groups in total. The highest BCUT2D eigenvalue weighted by Crippen LogP contribution is 2.19. The highest BCUT2D eigenvalue weighted by atomic mass is 32.1. The molecular weight excluding hydrogens is 216 g/mol. The first-order valence-electron chi connectivity index (χ1n) is 6.18. The molecule has 0 spiro atoms. The number of rotatable bonds is 4. The normalized spacial score (nSPS) is 18.2. The van der Waals surface area contributed by atoms with Crippen molar-refractivity contribution in [2.45, 2.75) is 26.3 Å². The van der Waals surface area contributed by atoms with Crippen LogP contribution in [0.2, 0.25) is 0 Å². The average Bonchev–Trinajstić information content (AvgIpc) is 2.66. The highest BCUT2D eigenvalue weighted by Gasteiger charge is 2.15. The van der Waals surface area contributed by atoms with Gasteiger partial charge in [0.15, 0.2) is 0 Å². The summed E-state index contributed by atoms with van der Waals surface area (Å²) in [5.74, 6) is 0.895. The zero-order valence-electron chi connectivity index (χ0n) is 10.3. The number of piperidine rings is 1. The van der Waals surface area contributed by atoms with E-state index in [-0.39, 0.29) is 0 Å². The maximum absolute atomic E-state index is 3.43. The molecule has 1 aliphatic rings. The van der Waals surface area contributed by atoms with Crippen molar-refractivity contribution in [2.24, 2.45) is 5.92 Å². The predicted octanol–water partition coefficient (Wildman–Crippen LogP) is 2.49. The summed E-state index contributed by atoms with van der Waals surface area (Å²) in [5, 5.41) is 5.62. The Labute approximate surface area is 103 Å². The van der Waals surface area contributed by atoms with Crippen LogP contribution in [0.25, 0.3) is 0 Å². The predicted molar refractivity (Wildman–Crippen MR) is 71.0 cm³/mol. The van der Waals surface area contributed by atoms with Crippen LogP contribution in [0.5, 0.6) is 0 Å². The molecule has 0 amide bonds. The smallest absolute Gasteiger partial charge is 0.0327 e. The summed E-state index contributed by atoms with van der Waals surface area (Å²) in [5.41, 5.74) is 1.45. The Bertz CT molecular complexity index is 315. The fourth-order valence-electron chi connectivity index (χ4n) is 2.38. The number of hydrogen-bond acceptors (Lipinski definition) is 3. The van der Waals surface area contributed by atoms with Crippen LogP contribution in [0.4, 0.5) is 0 Å². The Morgan fingerprint density at radius 3 is 2.81 bits per heavy atom. The van der Waals surface area contributed by atoms with Gasteiger partial charge in [-0.25, -0.2) is 0 Å². The van der Waals surface area contributed by atoms with E-state index in [1.54, 1.807) is 0 Å². The van der Waals surface area contributed by atoms with Crippen molar-refractivity contribution in [3.8, 4) is 0 Å². The van der Waals surface area contributed by atoms with Crippen LogP contribution < -0.4 is 5.32 Å². The van der Waals surface area contributed by atoms with Crippen LogP contribution in [0.15, 0.2) is 11.4 Å². The quantitative estimate of drug-likeness (QED) is 0.867. The molecule has 0 aliphatic carbocycles. The fourth-order valence-corrected chi connectivity index (χ4v) is 3.37. The average molecular weight is 238 g/mol. The maximum atomic E-state index is 3.43. The van der Waals surface area contributed by atoms with E-state index in [1.165, 1.54) is 42.9 Å². The third kappa shape index (κ3) is 3.30. The first-order chi connectivity index (χ1) is 7.75. The summed E-state index contributed by atoms with van der Waals surface area (Å²) < 4.78 is 0. The number of nitrogens with one attached hydrogen (secondary N) is 1.